The molecule has 0 aliphatic heterocycles. The minimum Gasteiger partial charge on any atom is -0.250 e. The number of benzene rings is 1. The number of pyridine rings is 1. The number of alkyl halides is 1. The quantitative estimate of drug-likeness (QED) is 0.736. The van der Waals surface area contributed by atoms with Crippen molar-refractivity contribution in [2.45, 2.75) is 11.8 Å². The number of para-hydroxylation sites is 1. The molecule has 1 unspecified atom stereocenters. The molecule has 15 heavy (non-hydrogen) atoms. The summed E-state index contributed by atoms with van der Waals surface area (Å²) in [6.07, 6.45) is 0. The summed E-state index contributed by atoms with van der Waals surface area (Å²) in [6, 6.07) is 11.9. The van der Waals surface area contributed by atoms with Crippen LogP contribution in [0.15, 0.2) is 30.3 Å². The van der Waals surface area contributed by atoms with Gasteiger partial charge >= 0.3 is 0 Å². The van der Waals surface area contributed by atoms with E-state index in [4.69, 9.17) is 5.26 Å². The molecule has 2 rings (SSSR count). The Hall–Kier alpha value is -1.40. The summed E-state index contributed by atoms with van der Waals surface area (Å²) < 4.78 is 0. The van der Waals surface area contributed by atoms with Gasteiger partial charge in [0.1, 0.15) is 6.07 Å². The smallest absolute Gasteiger partial charge is 0.101 e. The Morgan fingerprint density at radius 1 is 1.40 bits per heavy atom. The largest absolute Gasteiger partial charge is 0.250 e. The van der Waals surface area contributed by atoms with Crippen LogP contribution in [0, 0.1) is 11.3 Å². The maximum Gasteiger partial charge on any atom is 0.101 e. The molecule has 0 aliphatic carbocycles. The first-order valence-corrected chi connectivity index (χ1v) is 5.58. The third kappa shape index (κ3) is 1.86. The van der Waals surface area contributed by atoms with Crippen LogP contribution in [-0.4, -0.2) is 4.98 Å². The number of hydrogen-bond acceptors (Lipinski definition) is 2. The molecule has 74 valence electrons. The van der Waals surface area contributed by atoms with Crippen molar-refractivity contribution in [1.82, 2.24) is 4.98 Å². The van der Waals surface area contributed by atoms with E-state index in [9.17, 15) is 0 Å². The summed E-state index contributed by atoms with van der Waals surface area (Å²) in [6.45, 7) is 1.97. The molecule has 1 heterocycles. The predicted octanol–water partition coefficient (Wildman–Crippen LogP) is 3.56. The average molecular weight is 261 g/mol. The Labute approximate surface area is 96.7 Å². The van der Waals surface area contributed by atoms with E-state index in [1.54, 1.807) is 0 Å². The topological polar surface area (TPSA) is 36.7 Å². The van der Waals surface area contributed by atoms with Gasteiger partial charge < -0.3 is 0 Å². The van der Waals surface area contributed by atoms with Crippen molar-refractivity contribution in [3.05, 3.63) is 41.6 Å². The highest BCUT2D eigenvalue weighted by Crippen LogP contribution is 2.25. The molecule has 2 nitrogen and oxygen atoms in total. The Morgan fingerprint density at radius 3 is 2.80 bits per heavy atom. The van der Waals surface area contributed by atoms with Crippen LogP contribution in [0.25, 0.3) is 10.9 Å². The van der Waals surface area contributed by atoms with Gasteiger partial charge in [-0.05, 0) is 19.1 Å². The first-order chi connectivity index (χ1) is 7.22. The molecule has 3 heteroatoms. The summed E-state index contributed by atoms with van der Waals surface area (Å²) in [5, 5.41) is 10.0. The summed E-state index contributed by atoms with van der Waals surface area (Å²) >= 11 is 3.45. The van der Waals surface area contributed by atoms with Crippen LogP contribution in [0.2, 0.25) is 0 Å². The lowest BCUT2D eigenvalue weighted by molar-refractivity contribution is 1.03. The molecule has 0 aliphatic rings. The Bertz CT molecular complexity index is 541. The van der Waals surface area contributed by atoms with Crippen molar-refractivity contribution in [1.29, 1.82) is 5.26 Å². The first-order valence-electron chi connectivity index (χ1n) is 4.66. The predicted molar refractivity (Wildman–Crippen MR) is 63.8 cm³/mol. The molecule has 0 fully saturated rings. The van der Waals surface area contributed by atoms with Gasteiger partial charge in [-0.15, -0.1) is 0 Å². The second-order valence-electron chi connectivity index (χ2n) is 3.34. The third-order valence-corrected chi connectivity index (χ3v) is 2.68. The van der Waals surface area contributed by atoms with E-state index in [-0.39, 0.29) is 4.83 Å². The Balaban J connectivity index is 2.76. The van der Waals surface area contributed by atoms with Gasteiger partial charge in [-0.3, -0.25) is 4.98 Å². The zero-order valence-electron chi connectivity index (χ0n) is 8.24. The van der Waals surface area contributed by atoms with Gasteiger partial charge in [-0.2, -0.15) is 5.26 Å². The lowest BCUT2D eigenvalue weighted by Gasteiger charge is -2.06. The van der Waals surface area contributed by atoms with Gasteiger partial charge in [-0.25, -0.2) is 0 Å². The molecule has 1 aromatic carbocycles. The van der Waals surface area contributed by atoms with Crippen LogP contribution in [0.5, 0.6) is 0 Å². The highest BCUT2D eigenvalue weighted by molar-refractivity contribution is 9.09. The van der Waals surface area contributed by atoms with Crippen LogP contribution in [0.3, 0.4) is 0 Å². The number of nitriles is 1. The lowest BCUT2D eigenvalue weighted by Crippen LogP contribution is -1.95. The molecule has 1 atom stereocenters. The Kier molecular flexibility index (Phi) is 2.70. The highest BCUT2D eigenvalue weighted by atomic mass is 79.9. The number of aromatic nitrogens is 1. The van der Waals surface area contributed by atoms with Crippen LogP contribution < -0.4 is 0 Å². The maximum absolute atomic E-state index is 9.02. The van der Waals surface area contributed by atoms with Crippen LogP contribution in [0.1, 0.15) is 23.0 Å². The highest BCUT2D eigenvalue weighted by Gasteiger charge is 2.10. The van der Waals surface area contributed by atoms with Crippen LogP contribution in [-0.2, 0) is 0 Å². The van der Waals surface area contributed by atoms with Crippen LogP contribution in [0.4, 0.5) is 0 Å². The minimum atomic E-state index is 0.0942. The van der Waals surface area contributed by atoms with Gasteiger partial charge in [0, 0.05) is 5.39 Å². The standard InChI is InChI=1S/C12H9BrN2/c1-8(13)12-10(7-14)6-9-4-2-3-5-11(9)15-12/h2-6,8H,1H3. The maximum atomic E-state index is 9.02. The molecule has 1 aromatic heterocycles. The van der Waals surface area contributed by atoms with E-state index in [1.807, 2.05) is 37.3 Å². The SMILES string of the molecule is CC(Br)c1nc2ccccc2cc1C#N. The van der Waals surface area contributed by atoms with E-state index >= 15 is 0 Å². The monoisotopic (exact) mass is 260 g/mol. The summed E-state index contributed by atoms with van der Waals surface area (Å²) in [5.74, 6) is 0. The fourth-order valence-electron chi connectivity index (χ4n) is 1.52. The van der Waals surface area contributed by atoms with E-state index in [1.165, 1.54) is 0 Å². The lowest BCUT2D eigenvalue weighted by atomic mass is 10.1. The zero-order chi connectivity index (χ0) is 10.8. The molecule has 0 N–H and O–H groups in total. The van der Waals surface area contributed by atoms with E-state index in [0.29, 0.717) is 5.56 Å². The molecule has 0 amide bonds. The van der Waals surface area contributed by atoms with Crippen LogP contribution >= 0.6 is 15.9 Å². The van der Waals surface area contributed by atoms with Crippen molar-refractivity contribution < 1.29 is 0 Å². The summed E-state index contributed by atoms with van der Waals surface area (Å²) in [7, 11) is 0. The van der Waals surface area contributed by atoms with Crippen molar-refractivity contribution in [2.75, 3.05) is 0 Å². The fourth-order valence-corrected chi connectivity index (χ4v) is 1.87. The number of halogens is 1. The number of hydrogen-bond donors (Lipinski definition) is 0. The average Bonchev–Trinajstić information content (AvgIpc) is 2.27. The fraction of sp³-hybridized carbons (Fsp3) is 0.167. The second-order valence-corrected chi connectivity index (χ2v) is 4.72. The van der Waals surface area contributed by atoms with Crippen molar-refractivity contribution in [3.8, 4) is 6.07 Å². The van der Waals surface area contributed by atoms with Gasteiger partial charge in [0.15, 0.2) is 0 Å². The van der Waals surface area contributed by atoms with Gasteiger partial charge in [0.2, 0.25) is 0 Å². The zero-order valence-corrected chi connectivity index (χ0v) is 9.82. The molecule has 0 radical (unpaired) electrons. The second kappa shape index (κ2) is 4.00. The third-order valence-electron chi connectivity index (χ3n) is 2.25. The van der Waals surface area contributed by atoms with Crippen molar-refractivity contribution in [2.24, 2.45) is 0 Å². The normalized spacial score (nSPS) is 12.3. The number of rotatable bonds is 1. The van der Waals surface area contributed by atoms with E-state index in [0.717, 1.165) is 16.6 Å². The van der Waals surface area contributed by atoms with Gasteiger partial charge in [-0.1, -0.05) is 34.1 Å². The molecular formula is C12H9BrN2. The van der Waals surface area contributed by atoms with Gasteiger partial charge in [0.05, 0.1) is 21.6 Å². The molecule has 0 saturated carbocycles. The van der Waals surface area contributed by atoms with Crippen molar-refractivity contribution in [3.63, 3.8) is 0 Å². The molecule has 0 spiro atoms. The number of fused-ring (bicyclic) bond motifs is 1. The summed E-state index contributed by atoms with van der Waals surface area (Å²) in [4.78, 5) is 4.57. The molecule has 2 aromatic rings. The van der Waals surface area contributed by atoms with Gasteiger partial charge in [0.25, 0.3) is 0 Å². The van der Waals surface area contributed by atoms with E-state index < -0.39 is 0 Å². The molecule has 0 saturated heterocycles. The van der Waals surface area contributed by atoms with E-state index in [2.05, 4.69) is 27.0 Å². The Morgan fingerprint density at radius 2 is 2.13 bits per heavy atom. The first kappa shape index (κ1) is 10.1. The number of nitrogens with zero attached hydrogens (tertiary/aromatic N) is 2. The molecular weight excluding hydrogens is 252 g/mol. The summed E-state index contributed by atoms with van der Waals surface area (Å²) in [5.41, 5.74) is 2.37. The molecule has 0 bridgehead atoms. The minimum absolute atomic E-state index is 0.0942. The van der Waals surface area contributed by atoms with Crippen molar-refractivity contribution >= 4 is 26.8 Å².